The lowest BCUT2D eigenvalue weighted by atomic mass is 10.2. The third-order valence-corrected chi connectivity index (χ3v) is 4.49. The fraction of sp³-hybridized carbons (Fsp3) is 0.294. The van der Waals surface area contributed by atoms with E-state index in [2.05, 4.69) is 10.3 Å². The first-order valence-corrected chi connectivity index (χ1v) is 8.07. The van der Waals surface area contributed by atoms with Gasteiger partial charge in [0, 0.05) is 32.4 Å². The van der Waals surface area contributed by atoms with Gasteiger partial charge in [-0.15, -0.1) is 0 Å². The van der Waals surface area contributed by atoms with E-state index in [1.807, 2.05) is 24.4 Å². The monoisotopic (exact) mass is 339 g/mol. The van der Waals surface area contributed by atoms with E-state index in [1.54, 1.807) is 27.4 Å². The zero-order chi connectivity index (χ0) is 17.4. The number of rotatable bonds is 2. The molecule has 1 fully saturated rings. The molecule has 0 unspecified atom stereocenters. The second-order valence-electron chi connectivity index (χ2n) is 5.97. The fourth-order valence-electron chi connectivity index (χ4n) is 3.06. The van der Waals surface area contributed by atoms with Gasteiger partial charge in [0.15, 0.2) is 0 Å². The van der Waals surface area contributed by atoms with Crippen LogP contribution in [0.1, 0.15) is 26.5 Å². The molecule has 128 valence electrons. The van der Waals surface area contributed by atoms with Gasteiger partial charge in [0.25, 0.3) is 11.8 Å². The van der Waals surface area contributed by atoms with Crippen LogP contribution >= 0.6 is 0 Å². The number of aryl methyl sites for hydroxylation is 1. The van der Waals surface area contributed by atoms with Crippen molar-refractivity contribution in [3.05, 3.63) is 53.7 Å². The Labute approximate surface area is 143 Å². The van der Waals surface area contributed by atoms with Gasteiger partial charge in [0.1, 0.15) is 11.3 Å². The molecule has 0 bridgehead atoms. The molecule has 0 spiro atoms. The minimum absolute atomic E-state index is 0.0607. The van der Waals surface area contributed by atoms with Crippen molar-refractivity contribution in [3.63, 3.8) is 0 Å². The van der Waals surface area contributed by atoms with Crippen LogP contribution in [0, 0.1) is 6.92 Å². The number of nitrogens with zero attached hydrogens (tertiary/aromatic N) is 5. The molecule has 3 aromatic heterocycles. The molecule has 4 rings (SSSR count). The SMILES string of the molecule is Cc1oncc1C(=O)N1CCN(C(=O)c2cnn3ccccc23)CC1. The lowest BCUT2D eigenvalue weighted by Gasteiger charge is -2.34. The van der Waals surface area contributed by atoms with Crippen molar-refractivity contribution in [2.75, 3.05) is 26.2 Å². The highest BCUT2D eigenvalue weighted by molar-refractivity contribution is 6.01. The maximum atomic E-state index is 12.8. The number of carbonyl (C=O) groups excluding carboxylic acids is 2. The number of fused-ring (bicyclic) bond motifs is 1. The van der Waals surface area contributed by atoms with Gasteiger partial charge in [-0.3, -0.25) is 9.59 Å². The number of amides is 2. The smallest absolute Gasteiger partial charge is 0.259 e. The Kier molecular flexibility index (Phi) is 3.72. The Morgan fingerprint density at radius 3 is 2.32 bits per heavy atom. The van der Waals surface area contributed by atoms with E-state index in [4.69, 9.17) is 4.52 Å². The molecule has 0 aliphatic carbocycles. The maximum absolute atomic E-state index is 12.8. The maximum Gasteiger partial charge on any atom is 0.259 e. The number of hydrogen-bond donors (Lipinski definition) is 0. The van der Waals surface area contributed by atoms with Crippen LogP contribution in [0.2, 0.25) is 0 Å². The number of piperazine rings is 1. The topological polar surface area (TPSA) is 84.0 Å². The first kappa shape index (κ1) is 15.4. The van der Waals surface area contributed by atoms with Crippen LogP contribution in [0.15, 0.2) is 41.3 Å². The second kappa shape index (κ2) is 6.04. The van der Waals surface area contributed by atoms with Crippen LogP contribution in [0.4, 0.5) is 0 Å². The molecule has 3 aromatic rings. The van der Waals surface area contributed by atoms with Crippen molar-refractivity contribution < 1.29 is 14.1 Å². The lowest BCUT2D eigenvalue weighted by Crippen LogP contribution is -2.50. The summed E-state index contributed by atoms with van der Waals surface area (Å²) in [6, 6.07) is 5.62. The van der Waals surface area contributed by atoms with Crippen LogP contribution in [-0.4, -0.2) is 62.6 Å². The van der Waals surface area contributed by atoms with Crippen LogP contribution in [-0.2, 0) is 0 Å². The molecule has 8 heteroatoms. The van der Waals surface area contributed by atoms with E-state index in [0.29, 0.717) is 43.1 Å². The average Bonchev–Trinajstić information content (AvgIpc) is 3.27. The van der Waals surface area contributed by atoms with E-state index in [-0.39, 0.29) is 11.8 Å². The normalized spacial score (nSPS) is 14.9. The molecule has 0 N–H and O–H groups in total. The highest BCUT2D eigenvalue weighted by atomic mass is 16.5. The van der Waals surface area contributed by atoms with E-state index < -0.39 is 0 Å². The van der Waals surface area contributed by atoms with Crippen molar-refractivity contribution >= 4 is 17.3 Å². The minimum Gasteiger partial charge on any atom is -0.361 e. The first-order chi connectivity index (χ1) is 12.1. The van der Waals surface area contributed by atoms with Gasteiger partial charge in [0.05, 0.1) is 23.5 Å². The highest BCUT2D eigenvalue weighted by Crippen LogP contribution is 2.16. The van der Waals surface area contributed by atoms with Crippen molar-refractivity contribution in [1.82, 2.24) is 24.6 Å². The second-order valence-corrected chi connectivity index (χ2v) is 5.97. The summed E-state index contributed by atoms with van der Waals surface area (Å²) in [5, 5.41) is 7.86. The lowest BCUT2D eigenvalue weighted by molar-refractivity contribution is 0.0535. The quantitative estimate of drug-likeness (QED) is 0.701. The molecule has 0 aromatic carbocycles. The highest BCUT2D eigenvalue weighted by Gasteiger charge is 2.28. The summed E-state index contributed by atoms with van der Waals surface area (Å²) in [5.74, 6) is 0.339. The van der Waals surface area contributed by atoms with Gasteiger partial charge in [-0.1, -0.05) is 11.2 Å². The van der Waals surface area contributed by atoms with Crippen LogP contribution in [0.25, 0.3) is 5.52 Å². The summed E-state index contributed by atoms with van der Waals surface area (Å²) in [7, 11) is 0. The van der Waals surface area contributed by atoms with Crippen LogP contribution in [0.5, 0.6) is 0 Å². The summed E-state index contributed by atoms with van der Waals surface area (Å²) in [6.07, 6.45) is 4.84. The predicted molar refractivity (Wildman–Crippen MR) is 88.2 cm³/mol. The number of hydrogen-bond acceptors (Lipinski definition) is 5. The Morgan fingerprint density at radius 2 is 1.68 bits per heavy atom. The molecule has 1 saturated heterocycles. The van der Waals surface area contributed by atoms with E-state index in [9.17, 15) is 9.59 Å². The van der Waals surface area contributed by atoms with Gasteiger partial charge in [-0.05, 0) is 19.1 Å². The largest absolute Gasteiger partial charge is 0.361 e. The van der Waals surface area contributed by atoms with E-state index in [0.717, 1.165) is 5.52 Å². The molecule has 25 heavy (non-hydrogen) atoms. The van der Waals surface area contributed by atoms with Gasteiger partial charge in [-0.2, -0.15) is 5.10 Å². The molecular weight excluding hydrogens is 322 g/mol. The third kappa shape index (κ3) is 2.65. The Bertz CT molecular complexity index is 937. The summed E-state index contributed by atoms with van der Waals surface area (Å²) in [6.45, 7) is 3.64. The van der Waals surface area contributed by atoms with E-state index >= 15 is 0 Å². The van der Waals surface area contributed by atoms with Gasteiger partial charge in [-0.25, -0.2) is 4.52 Å². The van der Waals surface area contributed by atoms with Crippen LogP contribution in [0.3, 0.4) is 0 Å². The fourth-order valence-corrected chi connectivity index (χ4v) is 3.06. The molecule has 4 heterocycles. The van der Waals surface area contributed by atoms with Gasteiger partial charge >= 0.3 is 0 Å². The number of pyridine rings is 1. The molecule has 1 aliphatic heterocycles. The van der Waals surface area contributed by atoms with Crippen molar-refractivity contribution in [2.45, 2.75) is 6.92 Å². The van der Waals surface area contributed by atoms with E-state index in [1.165, 1.54) is 6.20 Å². The molecule has 0 radical (unpaired) electrons. The predicted octanol–water partition coefficient (Wildman–Crippen LogP) is 1.23. The average molecular weight is 339 g/mol. The van der Waals surface area contributed by atoms with Crippen LogP contribution < -0.4 is 0 Å². The molecule has 2 amide bonds. The summed E-state index contributed by atoms with van der Waals surface area (Å²) >= 11 is 0. The molecule has 0 atom stereocenters. The summed E-state index contributed by atoms with van der Waals surface area (Å²) in [4.78, 5) is 28.7. The number of carbonyl (C=O) groups is 2. The van der Waals surface area contributed by atoms with Crippen molar-refractivity contribution in [3.8, 4) is 0 Å². The van der Waals surface area contributed by atoms with Gasteiger partial charge < -0.3 is 14.3 Å². The molecule has 1 aliphatic rings. The Hall–Kier alpha value is -3.16. The van der Waals surface area contributed by atoms with Crippen molar-refractivity contribution in [2.24, 2.45) is 0 Å². The Balaban J connectivity index is 1.46. The Morgan fingerprint density at radius 1 is 1.00 bits per heavy atom. The standard InChI is InChI=1S/C17H17N5O3/c1-12-13(11-19-25-12)16(23)20-6-8-21(9-7-20)17(24)14-10-18-22-5-3-2-4-15(14)22/h2-5,10-11H,6-9H2,1H3. The first-order valence-electron chi connectivity index (χ1n) is 8.07. The third-order valence-electron chi connectivity index (χ3n) is 4.49. The summed E-state index contributed by atoms with van der Waals surface area (Å²) < 4.78 is 6.64. The van der Waals surface area contributed by atoms with Gasteiger partial charge in [0.2, 0.25) is 0 Å². The molecular formula is C17H17N5O3. The minimum atomic E-state index is -0.109. The zero-order valence-corrected chi connectivity index (χ0v) is 13.8. The molecule has 0 saturated carbocycles. The molecule has 8 nitrogen and oxygen atoms in total. The summed E-state index contributed by atoms with van der Waals surface area (Å²) in [5.41, 5.74) is 1.84. The zero-order valence-electron chi connectivity index (χ0n) is 13.8. The van der Waals surface area contributed by atoms with Crippen molar-refractivity contribution in [1.29, 1.82) is 0 Å². The number of aromatic nitrogens is 3.